The van der Waals surface area contributed by atoms with Crippen LogP contribution in [0.15, 0.2) is 30.9 Å². The third-order valence-electron chi connectivity index (χ3n) is 3.76. The van der Waals surface area contributed by atoms with Gasteiger partial charge in [-0.2, -0.15) is 0 Å². The van der Waals surface area contributed by atoms with E-state index in [9.17, 15) is 4.79 Å². The third kappa shape index (κ3) is 2.94. The van der Waals surface area contributed by atoms with Crippen molar-refractivity contribution in [3.63, 3.8) is 0 Å². The lowest BCUT2D eigenvalue weighted by atomic mass is 10.2. The van der Waals surface area contributed by atoms with E-state index < -0.39 is 5.91 Å². The van der Waals surface area contributed by atoms with Crippen molar-refractivity contribution >= 4 is 34.7 Å². The molecule has 0 bridgehead atoms. The summed E-state index contributed by atoms with van der Waals surface area (Å²) in [6, 6.07) is 1.70. The summed E-state index contributed by atoms with van der Waals surface area (Å²) >= 11 is 5.88. The van der Waals surface area contributed by atoms with Crippen LogP contribution in [0.3, 0.4) is 0 Å². The molecule has 3 aromatic rings. The predicted molar refractivity (Wildman–Crippen MR) is 91.9 cm³/mol. The van der Waals surface area contributed by atoms with Crippen LogP contribution in [0, 0.1) is 0 Å². The Labute approximate surface area is 147 Å². The van der Waals surface area contributed by atoms with Gasteiger partial charge in [0, 0.05) is 31.5 Å². The fourth-order valence-corrected chi connectivity index (χ4v) is 2.58. The molecule has 0 aliphatic carbocycles. The first-order valence-electron chi connectivity index (χ1n) is 7.54. The standard InChI is InChI=1S/C15H14ClN7O2/c16-8-3-20-14-12(13(17)22-23(14)7-8)15(24)21-10-6-18-2-1-11(10)25-9-4-19-5-9/h1-3,6-7,9,19H,4-5H2,(H2,17,22)(H,21,24). The maximum Gasteiger partial charge on any atom is 0.263 e. The number of nitrogens with zero attached hydrogens (tertiary/aromatic N) is 4. The Kier molecular flexibility index (Phi) is 3.86. The van der Waals surface area contributed by atoms with E-state index in [0.29, 0.717) is 22.1 Å². The van der Waals surface area contributed by atoms with Crippen molar-refractivity contribution in [3.8, 4) is 5.75 Å². The summed E-state index contributed by atoms with van der Waals surface area (Å²) in [6.07, 6.45) is 6.15. The molecule has 0 atom stereocenters. The molecule has 1 fully saturated rings. The van der Waals surface area contributed by atoms with Crippen molar-refractivity contribution in [2.24, 2.45) is 0 Å². The largest absolute Gasteiger partial charge is 0.485 e. The number of hydrogen-bond acceptors (Lipinski definition) is 7. The number of aromatic nitrogens is 4. The van der Waals surface area contributed by atoms with Crippen molar-refractivity contribution in [2.75, 3.05) is 24.1 Å². The lowest BCUT2D eigenvalue weighted by Crippen LogP contribution is -2.50. The molecule has 1 amide bonds. The molecule has 1 aliphatic heterocycles. The van der Waals surface area contributed by atoms with Crippen molar-refractivity contribution in [2.45, 2.75) is 6.10 Å². The zero-order valence-corrected chi connectivity index (χ0v) is 13.7. The van der Waals surface area contributed by atoms with Crippen molar-refractivity contribution in [3.05, 3.63) is 41.4 Å². The fraction of sp³-hybridized carbons (Fsp3) is 0.200. The lowest BCUT2D eigenvalue weighted by molar-refractivity contribution is 0.102. The van der Waals surface area contributed by atoms with Crippen LogP contribution >= 0.6 is 11.6 Å². The Morgan fingerprint density at radius 1 is 1.44 bits per heavy atom. The molecular weight excluding hydrogens is 346 g/mol. The minimum absolute atomic E-state index is 0.0572. The Balaban J connectivity index is 1.63. The Hall–Kier alpha value is -2.91. The highest BCUT2D eigenvalue weighted by Crippen LogP contribution is 2.26. The summed E-state index contributed by atoms with van der Waals surface area (Å²) in [4.78, 5) is 20.9. The number of rotatable bonds is 4. The average Bonchev–Trinajstić information content (AvgIpc) is 2.87. The van der Waals surface area contributed by atoms with E-state index in [2.05, 4.69) is 25.7 Å². The molecule has 4 rings (SSSR count). The quantitative estimate of drug-likeness (QED) is 0.634. The summed E-state index contributed by atoms with van der Waals surface area (Å²) in [5.41, 5.74) is 6.80. The van der Waals surface area contributed by atoms with Gasteiger partial charge in [0.15, 0.2) is 11.5 Å². The van der Waals surface area contributed by atoms with Gasteiger partial charge in [-0.25, -0.2) is 9.50 Å². The van der Waals surface area contributed by atoms with Crippen molar-refractivity contribution < 1.29 is 9.53 Å². The fourth-order valence-electron chi connectivity index (χ4n) is 2.44. The van der Waals surface area contributed by atoms with Gasteiger partial charge in [-0.15, -0.1) is 5.10 Å². The smallest absolute Gasteiger partial charge is 0.263 e. The molecule has 3 aromatic heterocycles. The lowest BCUT2D eigenvalue weighted by Gasteiger charge is -2.28. The van der Waals surface area contributed by atoms with Gasteiger partial charge in [-0.1, -0.05) is 11.6 Å². The molecule has 9 nitrogen and oxygen atoms in total. The Morgan fingerprint density at radius 2 is 2.28 bits per heavy atom. The molecule has 0 saturated carbocycles. The minimum atomic E-state index is -0.452. The van der Waals surface area contributed by atoms with Crippen LogP contribution in [0.25, 0.3) is 5.65 Å². The summed E-state index contributed by atoms with van der Waals surface area (Å²) in [7, 11) is 0. The van der Waals surface area contributed by atoms with Gasteiger partial charge in [0.05, 0.1) is 17.4 Å². The van der Waals surface area contributed by atoms with E-state index in [1.54, 1.807) is 12.3 Å². The number of nitrogens with one attached hydrogen (secondary N) is 2. The van der Waals surface area contributed by atoms with Gasteiger partial charge >= 0.3 is 0 Å². The number of ether oxygens (including phenoxy) is 1. The number of fused-ring (bicyclic) bond motifs is 1. The molecule has 0 unspecified atom stereocenters. The van der Waals surface area contributed by atoms with E-state index in [0.717, 1.165) is 13.1 Å². The first-order valence-corrected chi connectivity index (χ1v) is 7.91. The first kappa shape index (κ1) is 15.6. The molecule has 4 heterocycles. The number of carbonyl (C=O) groups excluding carboxylic acids is 1. The molecule has 0 radical (unpaired) electrons. The van der Waals surface area contributed by atoms with Gasteiger partial charge in [-0.3, -0.25) is 9.78 Å². The van der Waals surface area contributed by atoms with E-state index in [-0.39, 0.29) is 17.5 Å². The Morgan fingerprint density at radius 3 is 3.04 bits per heavy atom. The number of hydrogen-bond donors (Lipinski definition) is 3. The zero-order chi connectivity index (χ0) is 17.4. The molecule has 25 heavy (non-hydrogen) atoms. The van der Waals surface area contributed by atoms with Gasteiger partial charge in [-0.05, 0) is 0 Å². The van der Waals surface area contributed by atoms with Gasteiger partial charge in [0.25, 0.3) is 5.91 Å². The second-order valence-corrected chi connectivity index (χ2v) is 5.96. The van der Waals surface area contributed by atoms with Crippen LogP contribution in [0.4, 0.5) is 11.5 Å². The predicted octanol–water partition coefficient (Wildman–Crippen LogP) is 0.963. The van der Waals surface area contributed by atoms with Crippen molar-refractivity contribution in [1.29, 1.82) is 0 Å². The normalized spacial score (nSPS) is 14.3. The van der Waals surface area contributed by atoms with Crippen molar-refractivity contribution in [1.82, 2.24) is 24.9 Å². The second kappa shape index (κ2) is 6.19. The SMILES string of the molecule is Nc1nn2cc(Cl)cnc2c1C(=O)Nc1cnccc1OC1CNC1. The Bertz CT molecular complexity index is 954. The second-order valence-electron chi connectivity index (χ2n) is 5.52. The molecule has 1 aliphatic rings. The summed E-state index contributed by atoms with van der Waals surface area (Å²) in [5.74, 6) is 0.148. The first-order chi connectivity index (χ1) is 12.1. The molecule has 4 N–H and O–H groups in total. The number of halogens is 1. The maximum absolute atomic E-state index is 12.7. The molecule has 128 valence electrons. The van der Waals surface area contributed by atoms with Gasteiger partial charge in [0.1, 0.15) is 23.1 Å². The molecule has 1 saturated heterocycles. The molecule has 0 spiro atoms. The number of pyridine rings is 1. The molecule has 0 aromatic carbocycles. The van der Waals surface area contributed by atoms with Crippen LogP contribution in [0.2, 0.25) is 5.02 Å². The summed E-state index contributed by atoms with van der Waals surface area (Å²) in [5, 5.41) is 10.3. The molecular formula is C15H14ClN7O2. The van der Waals surface area contributed by atoms with Crippen LogP contribution in [0.5, 0.6) is 5.75 Å². The average molecular weight is 360 g/mol. The van der Waals surface area contributed by atoms with Gasteiger partial charge in [0.2, 0.25) is 0 Å². The van der Waals surface area contributed by atoms with Crippen LogP contribution in [-0.2, 0) is 0 Å². The highest BCUT2D eigenvalue weighted by atomic mass is 35.5. The number of amides is 1. The zero-order valence-electron chi connectivity index (χ0n) is 12.9. The minimum Gasteiger partial charge on any atom is -0.485 e. The van der Waals surface area contributed by atoms with E-state index in [1.807, 2.05) is 0 Å². The van der Waals surface area contributed by atoms with E-state index in [1.165, 1.54) is 23.1 Å². The maximum atomic E-state index is 12.7. The summed E-state index contributed by atoms with van der Waals surface area (Å²) in [6.45, 7) is 1.53. The number of nitrogen functional groups attached to an aromatic ring is 1. The number of carbonyl (C=O) groups is 1. The highest BCUT2D eigenvalue weighted by Gasteiger charge is 2.23. The van der Waals surface area contributed by atoms with E-state index >= 15 is 0 Å². The monoisotopic (exact) mass is 359 g/mol. The van der Waals surface area contributed by atoms with Gasteiger partial charge < -0.3 is 21.1 Å². The number of nitrogens with two attached hydrogens (primary N) is 1. The van der Waals surface area contributed by atoms with Crippen LogP contribution in [0.1, 0.15) is 10.4 Å². The topological polar surface area (TPSA) is 119 Å². The van der Waals surface area contributed by atoms with Crippen LogP contribution < -0.4 is 21.1 Å². The highest BCUT2D eigenvalue weighted by molar-refractivity contribution is 6.30. The summed E-state index contributed by atoms with van der Waals surface area (Å²) < 4.78 is 7.20. The third-order valence-corrected chi connectivity index (χ3v) is 3.96. The van der Waals surface area contributed by atoms with Crippen LogP contribution in [-0.4, -0.2) is 44.7 Å². The molecule has 10 heteroatoms. The number of anilines is 2. The van der Waals surface area contributed by atoms with E-state index in [4.69, 9.17) is 22.1 Å².